The molecule has 2 aromatic carbocycles. The summed E-state index contributed by atoms with van der Waals surface area (Å²) in [6, 6.07) is 13.5. The van der Waals surface area contributed by atoms with Gasteiger partial charge in [0, 0.05) is 41.8 Å². The molecule has 1 fully saturated rings. The van der Waals surface area contributed by atoms with E-state index in [0.717, 1.165) is 30.5 Å². The molecule has 0 saturated carbocycles. The van der Waals surface area contributed by atoms with Crippen LogP contribution in [0.3, 0.4) is 0 Å². The van der Waals surface area contributed by atoms with Crippen LogP contribution >= 0.6 is 11.6 Å². The molecular weight excluding hydrogens is 391 g/mol. The number of carbonyl (C=O) groups is 1. The Morgan fingerprint density at radius 2 is 1.90 bits per heavy atom. The lowest BCUT2D eigenvalue weighted by atomic mass is 9.97. The lowest BCUT2D eigenvalue weighted by Gasteiger charge is -2.32. The molecule has 3 aromatic rings. The fourth-order valence-corrected chi connectivity index (χ4v) is 3.68. The quantitative estimate of drug-likeness (QED) is 0.671. The van der Waals surface area contributed by atoms with E-state index < -0.39 is 0 Å². The molecule has 1 atom stereocenters. The van der Waals surface area contributed by atoms with Crippen LogP contribution in [0, 0.1) is 11.7 Å². The van der Waals surface area contributed by atoms with Crippen LogP contribution in [0.25, 0.3) is 11.1 Å². The predicted molar refractivity (Wildman–Crippen MR) is 112 cm³/mol. The number of halogens is 2. The Hall–Kier alpha value is -2.99. The molecule has 7 heteroatoms. The maximum absolute atomic E-state index is 13.4. The van der Waals surface area contributed by atoms with Gasteiger partial charge in [0.15, 0.2) is 0 Å². The Morgan fingerprint density at radius 1 is 1.10 bits per heavy atom. The van der Waals surface area contributed by atoms with Crippen molar-refractivity contribution in [2.75, 3.05) is 23.3 Å². The number of hydrogen-bond donors (Lipinski definition) is 1. The Labute approximate surface area is 173 Å². The van der Waals surface area contributed by atoms with Gasteiger partial charge in [0.2, 0.25) is 11.9 Å². The van der Waals surface area contributed by atoms with E-state index in [9.17, 15) is 9.18 Å². The lowest BCUT2D eigenvalue weighted by molar-refractivity contribution is -0.120. The van der Waals surface area contributed by atoms with Crippen molar-refractivity contribution in [2.45, 2.75) is 12.8 Å². The number of rotatable bonds is 4. The van der Waals surface area contributed by atoms with E-state index in [1.807, 2.05) is 17.0 Å². The monoisotopic (exact) mass is 410 g/mol. The van der Waals surface area contributed by atoms with Gasteiger partial charge in [-0.1, -0.05) is 29.8 Å². The van der Waals surface area contributed by atoms with Crippen molar-refractivity contribution in [2.24, 2.45) is 5.92 Å². The molecule has 29 heavy (non-hydrogen) atoms. The van der Waals surface area contributed by atoms with Gasteiger partial charge in [0.25, 0.3) is 0 Å². The van der Waals surface area contributed by atoms with Crippen molar-refractivity contribution < 1.29 is 9.18 Å². The number of carbonyl (C=O) groups excluding carboxylic acids is 1. The van der Waals surface area contributed by atoms with E-state index in [1.54, 1.807) is 36.7 Å². The number of aromatic nitrogens is 2. The van der Waals surface area contributed by atoms with E-state index in [1.165, 1.54) is 12.1 Å². The number of benzene rings is 2. The van der Waals surface area contributed by atoms with Crippen LogP contribution in [-0.2, 0) is 4.79 Å². The first-order valence-corrected chi connectivity index (χ1v) is 9.85. The Kier molecular flexibility index (Phi) is 5.71. The number of nitrogens with zero attached hydrogens (tertiary/aromatic N) is 3. The second-order valence-electron chi connectivity index (χ2n) is 7.07. The molecule has 4 rings (SSSR count). The van der Waals surface area contributed by atoms with Gasteiger partial charge in [-0.25, -0.2) is 14.4 Å². The van der Waals surface area contributed by atoms with Crippen LogP contribution in [0.4, 0.5) is 16.0 Å². The summed E-state index contributed by atoms with van der Waals surface area (Å²) in [5.74, 6) is 0.0872. The van der Waals surface area contributed by atoms with Crippen LogP contribution in [0.2, 0.25) is 5.02 Å². The maximum Gasteiger partial charge on any atom is 0.229 e. The molecule has 2 heterocycles. The van der Waals surface area contributed by atoms with E-state index in [2.05, 4.69) is 15.3 Å². The molecule has 0 aliphatic carbocycles. The Bertz CT molecular complexity index is 1010. The van der Waals surface area contributed by atoms with Gasteiger partial charge in [-0.05, 0) is 48.7 Å². The van der Waals surface area contributed by atoms with E-state index in [0.29, 0.717) is 23.2 Å². The van der Waals surface area contributed by atoms with Crippen LogP contribution < -0.4 is 10.2 Å². The molecule has 0 spiro atoms. The van der Waals surface area contributed by atoms with Crippen molar-refractivity contribution in [1.29, 1.82) is 0 Å². The standard InChI is InChI=1S/C22H20ClFN4O/c23-18-6-2-8-20(11-18)27-21(29)16-5-3-9-28(14-16)22-25-12-17(13-26-22)15-4-1-7-19(24)10-15/h1-2,4,6-8,10-13,16H,3,5,9,14H2,(H,27,29). The summed E-state index contributed by atoms with van der Waals surface area (Å²) in [6.45, 7) is 1.34. The maximum atomic E-state index is 13.4. The fraction of sp³-hybridized carbons (Fsp3) is 0.227. The Morgan fingerprint density at radius 3 is 2.66 bits per heavy atom. The summed E-state index contributed by atoms with van der Waals surface area (Å²) in [7, 11) is 0. The zero-order valence-electron chi connectivity index (χ0n) is 15.7. The minimum Gasteiger partial charge on any atom is -0.340 e. The van der Waals surface area contributed by atoms with E-state index >= 15 is 0 Å². The topological polar surface area (TPSA) is 58.1 Å². The molecule has 1 aliphatic heterocycles. The third kappa shape index (κ3) is 4.71. The van der Waals surface area contributed by atoms with Gasteiger partial charge in [0.05, 0.1) is 5.92 Å². The van der Waals surface area contributed by atoms with Crippen molar-refractivity contribution in [3.8, 4) is 11.1 Å². The summed E-state index contributed by atoms with van der Waals surface area (Å²) in [6.07, 6.45) is 5.06. The normalized spacial score (nSPS) is 16.5. The smallest absolute Gasteiger partial charge is 0.229 e. The van der Waals surface area contributed by atoms with Crippen LogP contribution in [0.15, 0.2) is 60.9 Å². The predicted octanol–water partition coefficient (Wildman–Crippen LogP) is 4.79. The molecule has 1 N–H and O–H groups in total. The van der Waals surface area contributed by atoms with Crippen LogP contribution in [-0.4, -0.2) is 29.0 Å². The summed E-state index contributed by atoms with van der Waals surface area (Å²) in [4.78, 5) is 23.6. The summed E-state index contributed by atoms with van der Waals surface area (Å²) in [5.41, 5.74) is 2.17. The second kappa shape index (κ2) is 8.57. The molecule has 1 amide bonds. The summed E-state index contributed by atoms with van der Waals surface area (Å²) < 4.78 is 13.4. The molecule has 1 aliphatic rings. The lowest BCUT2D eigenvalue weighted by Crippen LogP contribution is -2.41. The van der Waals surface area contributed by atoms with Gasteiger partial charge < -0.3 is 10.2 Å². The molecule has 1 aromatic heterocycles. The van der Waals surface area contributed by atoms with Gasteiger partial charge in [-0.3, -0.25) is 4.79 Å². The highest BCUT2D eigenvalue weighted by Crippen LogP contribution is 2.24. The van der Waals surface area contributed by atoms with E-state index in [4.69, 9.17) is 11.6 Å². The fourth-order valence-electron chi connectivity index (χ4n) is 3.48. The van der Waals surface area contributed by atoms with Crippen LogP contribution in [0.1, 0.15) is 12.8 Å². The van der Waals surface area contributed by atoms with Crippen LogP contribution in [0.5, 0.6) is 0 Å². The minimum atomic E-state index is -0.295. The van der Waals surface area contributed by atoms with Crippen molar-refractivity contribution in [1.82, 2.24) is 9.97 Å². The molecule has 1 unspecified atom stereocenters. The zero-order valence-corrected chi connectivity index (χ0v) is 16.4. The second-order valence-corrected chi connectivity index (χ2v) is 7.50. The van der Waals surface area contributed by atoms with Gasteiger partial charge in [-0.15, -0.1) is 0 Å². The number of hydrogen-bond acceptors (Lipinski definition) is 4. The summed E-state index contributed by atoms with van der Waals surface area (Å²) >= 11 is 5.99. The molecule has 5 nitrogen and oxygen atoms in total. The highest BCUT2D eigenvalue weighted by molar-refractivity contribution is 6.30. The highest BCUT2D eigenvalue weighted by atomic mass is 35.5. The average Bonchev–Trinajstić information content (AvgIpc) is 2.74. The SMILES string of the molecule is O=C(Nc1cccc(Cl)c1)C1CCCN(c2ncc(-c3cccc(F)c3)cn2)C1. The molecule has 0 radical (unpaired) electrons. The third-order valence-electron chi connectivity index (χ3n) is 4.96. The summed E-state index contributed by atoms with van der Waals surface area (Å²) in [5, 5.41) is 3.52. The first-order chi connectivity index (χ1) is 14.1. The number of amides is 1. The zero-order chi connectivity index (χ0) is 20.2. The molecule has 0 bridgehead atoms. The average molecular weight is 411 g/mol. The van der Waals surface area contributed by atoms with Crippen molar-refractivity contribution >= 4 is 29.1 Å². The largest absolute Gasteiger partial charge is 0.340 e. The first-order valence-electron chi connectivity index (χ1n) is 9.48. The van der Waals surface area contributed by atoms with Gasteiger partial charge in [-0.2, -0.15) is 0 Å². The molecule has 148 valence electrons. The third-order valence-corrected chi connectivity index (χ3v) is 5.20. The minimum absolute atomic E-state index is 0.0339. The van der Waals surface area contributed by atoms with Crippen molar-refractivity contribution in [3.05, 3.63) is 71.8 Å². The van der Waals surface area contributed by atoms with Crippen molar-refractivity contribution in [3.63, 3.8) is 0 Å². The number of anilines is 2. The number of nitrogens with one attached hydrogen (secondary N) is 1. The van der Waals surface area contributed by atoms with Gasteiger partial charge in [0.1, 0.15) is 5.82 Å². The molecule has 1 saturated heterocycles. The molecular formula is C22H20ClFN4O. The number of piperidine rings is 1. The highest BCUT2D eigenvalue weighted by Gasteiger charge is 2.27. The van der Waals surface area contributed by atoms with Gasteiger partial charge >= 0.3 is 0 Å². The van der Waals surface area contributed by atoms with E-state index in [-0.39, 0.29) is 17.6 Å². The Balaban J connectivity index is 1.43. The first kappa shape index (κ1) is 19.3.